The van der Waals surface area contributed by atoms with Gasteiger partial charge in [-0.3, -0.25) is 0 Å². The Bertz CT molecular complexity index is 339. The fourth-order valence-electron chi connectivity index (χ4n) is 1.11. The summed E-state index contributed by atoms with van der Waals surface area (Å²) in [5.74, 6) is 0.618. The monoisotopic (exact) mass is 196 g/mol. The van der Waals surface area contributed by atoms with Crippen LogP contribution >= 0.6 is 0 Å². The Hall–Kier alpha value is -1.91. The number of methoxy groups -OCH3 is 1. The molecular formula is C9H12N2O3. The van der Waals surface area contributed by atoms with Gasteiger partial charge in [0.1, 0.15) is 5.75 Å². The van der Waals surface area contributed by atoms with Gasteiger partial charge in [-0.1, -0.05) is 0 Å². The molecule has 0 saturated carbocycles. The minimum atomic E-state index is -1.07. The van der Waals surface area contributed by atoms with Crippen LogP contribution in [0.4, 0.5) is 10.5 Å². The number of amides is 1. The van der Waals surface area contributed by atoms with Gasteiger partial charge >= 0.3 is 6.09 Å². The first-order chi connectivity index (χ1) is 6.63. The molecular weight excluding hydrogens is 184 g/mol. The third kappa shape index (κ3) is 2.55. The molecule has 1 rings (SSSR count). The van der Waals surface area contributed by atoms with E-state index in [0.717, 1.165) is 5.56 Å². The normalized spacial score (nSPS) is 9.50. The van der Waals surface area contributed by atoms with Gasteiger partial charge in [0.25, 0.3) is 0 Å². The number of rotatable bonds is 3. The largest absolute Gasteiger partial charge is 0.496 e. The lowest BCUT2D eigenvalue weighted by atomic mass is 10.2. The minimum absolute atomic E-state index is 0.184. The lowest BCUT2D eigenvalue weighted by Gasteiger charge is -2.08. The number of hydrogen-bond acceptors (Lipinski definition) is 3. The number of carboxylic acid groups (broad SMARTS) is 1. The second kappa shape index (κ2) is 4.36. The van der Waals surface area contributed by atoms with Crippen molar-refractivity contribution in [1.82, 2.24) is 5.32 Å². The average molecular weight is 196 g/mol. The Labute approximate surface area is 81.5 Å². The molecule has 0 unspecified atom stereocenters. The van der Waals surface area contributed by atoms with E-state index in [1.807, 2.05) is 0 Å². The van der Waals surface area contributed by atoms with E-state index >= 15 is 0 Å². The van der Waals surface area contributed by atoms with Crippen molar-refractivity contribution in [3.63, 3.8) is 0 Å². The lowest BCUT2D eigenvalue weighted by molar-refractivity contribution is 0.194. The summed E-state index contributed by atoms with van der Waals surface area (Å²) in [4.78, 5) is 10.3. The smallest absolute Gasteiger partial charge is 0.404 e. The summed E-state index contributed by atoms with van der Waals surface area (Å²) in [5, 5.41) is 10.7. The topological polar surface area (TPSA) is 84.6 Å². The maximum Gasteiger partial charge on any atom is 0.404 e. The molecule has 0 fully saturated rings. The van der Waals surface area contributed by atoms with E-state index in [1.165, 1.54) is 7.11 Å². The highest BCUT2D eigenvalue weighted by molar-refractivity contribution is 5.64. The minimum Gasteiger partial charge on any atom is -0.496 e. The average Bonchev–Trinajstić information content (AvgIpc) is 2.15. The third-order valence-electron chi connectivity index (χ3n) is 1.73. The highest BCUT2D eigenvalue weighted by Crippen LogP contribution is 2.20. The van der Waals surface area contributed by atoms with Gasteiger partial charge in [-0.2, -0.15) is 0 Å². The van der Waals surface area contributed by atoms with Gasteiger partial charge in [-0.25, -0.2) is 4.79 Å². The highest BCUT2D eigenvalue weighted by Gasteiger charge is 2.04. The molecule has 0 heterocycles. The summed E-state index contributed by atoms with van der Waals surface area (Å²) in [6.45, 7) is 0.184. The van der Waals surface area contributed by atoms with Crippen molar-refractivity contribution in [3.05, 3.63) is 23.8 Å². The summed E-state index contributed by atoms with van der Waals surface area (Å²) >= 11 is 0. The van der Waals surface area contributed by atoms with Gasteiger partial charge < -0.3 is 20.9 Å². The fourth-order valence-corrected chi connectivity index (χ4v) is 1.11. The molecule has 0 aliphatic heterocycles. The molecule has 5 heteroatoms. The van der Waals surface area contributed by atoms with Crippen LogP contribution in [-0.4, -0.2) is 18.3 Å². The van der Waals surface area contributed by atoms with Gasteiger partial charge in [0.15, 0.2) is 0 Å². The number of ether oxygens (including phenoxy) is 1. The van der Waals surface area contributed by atoms with Crippen LogP contribution in [0.15, 0.2) is 18.2 Å². The number of nitrogens with one attached hydrogen (secondary N) is 1. The molecule has 0 atom stereocenters. The van der Waals surface area contributed by atoms with E-state index in [-0.39, 0.29) is 6.54 Å². The van der Waals surface area contributed by atoms with Crippen molar-refractivity contribution in [2.24, 2.45) is 0 Å². The lowest BCUT2D eigenvalue weighted by Crippen LogP contribution is -2.20. The van der Waals surface area contributed by atoms with Gasteiger partial charge in [-0.15, -0.1) is 0 Å². The van der Waals surface area contributed by atoms with Crippen molar-refractivity contribution < 1.29 is 14.6 Å². The number of benzene rings is 1. The van der Waals surface area contributed by atoms with Crippen molar-refractivity contribution in [2.45, 2.75) is 6.54 Å². The summed E-state index contributed by atoms with van der Waals surface area (Å²) < 4.78 is 5.04. The molecule has 14 heavy (non-hydrogen) atoms. The van der Waals surface area contributed by atoms with Crippen molar-refractivity contribution in [3.8, 4) is 5.75 Å². The predicted octanol–water partition coefficient (Wildman–Crippen LogP) is 1.04. The fraction of sp³-hybridized carbons (Fsp3) is 0.222. The number of nitrogen functional groups attached to an aromatic ring is 1. The van der Waals surface area contributed by atoms with Crippen LogP contribution in [0.2, 0.25) is 0 Å². The van der Waals surface area contributed by atoms with E-state index < -0.39 is 6.09 Å². The SMILES string of the molecule is COc1ccc(N)cc1CNC(=O)O. The maximum atomic E-state index is 10.3. The molecule has 1 aromatic carbocycles. The van der Waals surface area contributed by atoms with Crippen molar-refractivity contribution >= 4 is 11.8 Å². The van der Waals surface area contributed by atoms with Crippen molar-refractivity contribution in [2.75, 3.05) is 12.8 Å². The van der Waals surface area contributed by atoms with E-state index in [2.05, 4.69) is 5.32 Å². The Morgan fingerprint density at radius 2 is 2.36 bits per heavy atom. The number of carbonyl (C=O) groups is 1. The molecule has 0 aliphatic carbocycles. The quantitative estimate of drug-likeness (QED) is 0.631. The second-order valence-corrected chi connectivity index (χ2v) is 2.73. The zero-order chi connectivity index (χ0) is 10.6. The molecule has 4 N–H and O–H groups in total. The molecule has 0 spiro atoms. The molecule has 0 radical (unpaired) electrons. The zero-order valence-electron chi connectivity index (χ0n) is 7.78. The third-order valence-corrected chi connectivity index (χ3v) is 1.73. The van der Waals surface area contributed by atoms with Crippen LogP contribution in [0.25, 0.3) is 0 Å². The van der Waals surface area contributed by atoms with Crippen LogP contribution < -0.4 is 15.8 Å². The van der Waals surface area contributed by atoms with E-state index in [1.54, 1.807) is 18.2 Å². The number of hydrogen-bond donors (Lipinski definition) is 3. The van der Waals surface area contributed by atoms with E-state index in [9.17, 15) is 4.79 Å². The van der Waals surface area contributed by atoms with E-state index in [0.29, 0.717) is 11.4 Å². The predicted molar refractivity (Wildman–Crippen MR) is 52.3 cm³/mol. The number of nitrogens with two attached hydrogens (primary N) is 1. The standard InChI is InChI=1S/C9H12N2O3/c1-14-8-3-2-7(10)4-6(8)5-11-9(12)13/h2-4,11H,5,10H2,1H3,(H,12,13). The van der Waals surface area contributed by atoms with E-state index in [4.69, 9.17) is 15.6 Å². The molecule has 0 bridgehead atoms. The first-order valence-corrected chi connectivity index (χ1v) is 4.02. The highest BCUT2D eigenvalue weighted by atomic mass is 16.5. The second-order valence-electron chi connectivity index (χ2n) is 2.73. The van der Waals surface area contributed by atoms with Gasteiger partial charge in [-0.05, 0) is 18.2 Å². The van der Waals surface area contributed by atoms with Crippen LogP contribution in [0.1, 0.15) is 5.56 Å². The molecule has 76 valence electrons. The van der Waals surface area contributed by atoms with Crippen LogP contribution in [-0.2, 0) is 6.54 Å². The summed E-state index contributed by atoms with van der Waals surface area (Å²) in [5.41, 5.74) is 6.85. The van der Waals surface area contributed by atoms with Crippen molar-refractivity contribution in [1.29, 1.82) is 0 Å². The molecule has 0 aromatic heterocycles. The summed E-state index contributed by atoms with van der Waals surface area (Å²) in [6, 6.07) is 5.08. The van der Waals surface area contributed by atoms with Gasteiger partial charge in [0.2, 0.25) is 0 Å². The Balaban J connectivity index is 2.82. The van der Waals surface area contributed by atoms with Gasteiger partial charge in [0, 0.05) is 17.8 Å². The molecule has 5 nitrogen and oxygen atoms in total. The summed E-state index contributed by atoms with van der Waals surface area (Å²) in [6.07, 6.45) is -1.07. The molecule has 0 aliphatic rings. The van der Waals surface area contributed by atoms with Crippen LogP contribution in [0.5, 0.6) is 5.75 Å². The molecule has 0 saturated heterocycles. The Morgan fingerprint density at radius 3 is 2.93 bits per heavy atom. The first-order valence-electron chi connectivity index (χ1n) is 4.02. The Morgan fingerprint density at radius 1 is 1.64 bits per heavy atom. The molecule has 1 aromatic rings. The van der Waals surface area contributed by atoms with Crippen LogP contribution in [0.3, 0.4) is 0 Å². The Kier molecular flexibility index (Phi) is 3.17. The summed E-state index contributed by atoms with van der Waals surface area (Å²) in [7, 11) is 1.52. The van der Waals surface area contributed by atoms with Gasteiger partial charge in [0.05, 0.1) is 7.11 Å². The number of anilines is 1. The maximum absolute atomic E-state index is 10.3. The van der Waals surface area contributed by atoms with Crippen LogP contribution in [0, 0.1) is 0 Å². The molecule has 1 amide bonds. The first kappa shape index (κ1) is 10.2. The zero-order valence-corrected chi connectivity index (χ0v) is 7.78.